The first kappa shape index (κ1) is 12.8. The van der Waals surface area contributed by atoms with Crippen molar-refractivity contribution in [2.45, 2.75) is 45.4 Å². The largest absolute Gasteiger partial charge is 0.294 e. The van der Waals surface area contributed by atoms with Gasteiger partial charge in [0.15, 0.2) is 5.78 Å². The molecule has 0 bridgehead atoms. The average molecular weight is 260 g/mol. The van der Waals surface area contributed by atoms with Crippen LogP contribution in [-0.4, -0.2) is 5.78 Å². The molecule has 0 heterocycles. The van der Waals surface area contributed by atoms with Crippen LogP contribution < -0.4 is 0 Å². The minimum atomic E-state index is -0.348. The fourth-order valence-electron chi connectivity index (χ4n) is 3.42. The molecule has 0 unspecified atom stereocenters. The fraction of sp³-hybridized carbons (Fsp3) is 0.588. The van der Waals surface area contributed by atoms with Crippen molar-refractivity contribution in [3.8, 4) is 0 Å². The van der Waals surface area contributed by atoms with Crippen molar-refractivity contribution in [1.82, 2.24) is 0 Å². The number of ketones is 1. The van der Waals surface area contributed by atoms with E-state index in [1.807, 2.05) is 6.92 Å². The molecule has 0 atom stereocenters. The van der Waals surface area contributed by atoms with E-state index in [1.165, 1.54) is 18.9 Å². The van der Waals surface area contributed by atoms with Crippen molar-refractivity contribution < 1.29 is 9.18 Å². The van der Waals surface area contributed by atoms with Gasteiger partial charge in [-0.25, -0.2) is 4.39 Å². The SMILES string of the molecule is Cc1ccc(F)c(C(=O)C(C2CCC2)C2CCC2)c1. The van der Waals surface area contributed by atoms with E-state index in [4.69, 9.17) is 0 Å². The van der Waals surface area contributed by atoms with Gasteiger partial charge in [0.25, 0.3) is 0 Å². The average Bonchev–Trinajstić information content (AvgIpc) is 2.26. The van der Waals surface area contributed by atoms with Crippen LogP contribution in [0.5, 0.6) is 0 Å². The van der Waals surface area contributed by atoms with Crippen LogP contribution >= 0.6 is 0 Å². The van der Waals surface area contributed by atoms with Gasteiger partial charge in [-0.2, -0.15) is 0 Å². The van der Waals surface area contributed by atoms with E-state index >= 15 is 0 Å². The van der Waals surface area contributed by atoms with Crippen LogP contribution in [0.3, 0.4) is 0 Å². The molecule has 0 spiro atoms. The van der Waals surface area contributed by atoms with E-state index in [2.05, 4.69) is 0 Å². The van der Waals surface area contributed by atoms with Crippen molar-refractivity contribution in [2.75, 3.05) is 0 Å². The Morgan fingerprint density at radius 1 is 1.16 bits per heavy atom. The highest BCUT2D eigenvalue weighted by Gasteiger charge is 2.41. The summed E-state index contributed by atoms with van der Waals surface area (Å²) < 4.78 is 13.9. The minimum Gasteiger partial charge on any atom is -0.294 e. The van der Waals surface area contributed by atoms with Crippen LogP contribution in [0.15, 0.2) is 18.2 Å². The molecule has 2 fully saturated rings. The van der Waals surface area contributed by atoms with Gasteiger partial charge in [0, 0.05) is 5.92 Å². The number of halogens is 1. The minimum absolute atomic E-state index is 0.0654. The second kappa shape index (κ2) is 5.07. The Morgan fingerprint density at radius 3 is 2.21 bits per heavy atom. The lowest BCUT2D eigenvalue weighted by atomic mass is 9.62. The van der Waals surface area contributed by atoms with Gasteiger partial charge < -0.3 is 0 Å². The lowest BCUT2D eigenvalue weighted by molar-refractivity contribution is 0.0574. The number of aryl methyl sites for hydroxylation is 1. The molecule has 2 aliphatic rings. The van der Waals surface area contributed by atoms with E-state index in [1.54, 1.807) is 12.1 Å². The molecule has 0 saturated heterocycles. The van der Waals surface area contributed by atoms with Gasteiger partial charge in [0.2, 0.25) is 0 Å². The number of hydrogen-bond donors (Lipinski definition) is 0. The number of rotatable bonds is 4. The molecule has 0 N–H and O–H groups in total. The summed E-state index contributed by atoms with van der Waals surface area (Å²) in [5.41, 5.74) is 1.29. The summed E-state index contributed by atoms with van der Waals surface area (Å²) in [6.45, 7) is 1.91. The van der Waals surface area contributed by atoms with Gasteiger partial charge in [-0.3, -0.25) is 4.79 Å². The van der Waals surface area contributed by atoms with Gasteiger partial charge in [-0.15, -0.1) is 0 Å². The Hall–Kier alpha value is -1.18. The van der Waals surface area contributed by atoms with Gasteiger partial charge in [-0.1, -0.05) is 24.5 Å². The highest BCUT2D eigenvalue weighted by atomic mass is 19.1. The predicted octanol–water partition coefficient (Wildman–Crippen LogP) is 4.53. The Bertz CT molecular complexity index is 472. The molecule has 1 nitrogen and oxygen atoms in total. The second-order valence-corrected chi connectivity index (χ2v) is 6.26. The standard InChI is InChI=1S/C17H21FO/c1-11-8-9-15(18)14(10-11)17(19)16(12-4-2-5-12)13-6-3-7-13/h8-10,12-13,16H,2-7H2,1H3. The molecular weight excluding hydrogens is 239 g/mol. The van der Waals surface area contributed by atoms with E-state index in [0.717, 1.165) is 31.2 Å². The monoisotopic (exact) mass is 260 g/mol. The first-order valence-electron chi connectivity index (χ1n) is 7.47. The molecule has 1 aromatic carbocycles. The molecule has 0 aromatic heterocycles. The van der Waals surface area contributed by atoms with Crippen LogP contribution in [0, 0.1) is 30.5 Å². The van der Waals surface area contributed by atoms with E-state index < -0.39 is 0 Å². The number of carbonyl (C=O) groups excluding carboxylic acids is 1. The van der Waals surface area contributed by atoms with Crippen molar-refractivity contribution in [1.29, 1.82) is 0 Å². The topological polar surface area (TPSA) is 17.1 Å². The predicted molar refractivity (Wildman–Crippen MR) is 73.6 cm³/mol. The number of Topliss-reactive ketones (excluding diaryl/α,β-unsaturated/α-hetero) is 1. The summed E-state index contributed by atoms with van der Waals surface area (Å²) in [6, 6.07) is 4.89. The maximum Gasteiger partial charge on any atom is 0.169 e. The molecule has 3 rings (SSSR count). The summed E-state index contributed by atoms with van der Waals surface area (Å²) >= 11 is 0. The zero-order chi connectivity index (χ0) is 13.4. The molecule has 0 radical (unpaired) electrons. The highest BCUT2D eigenvalue weighted by molar-refractivity contribution is 5.98. The van der Waals surface area contributed by atoms with Crippen molar-refractivity contribution >= 4 is 5.78 Å². The molecule has 0 aliphatic heterocycles. The lowest BCUT2D eigenvalue weighted by Crippen LogP contribution is -2.38. The van der Waals surface area contributed by atoms with E-state index in [-0.39, 0.29) is 17.5 Å². The van der Waals surface area contributed by atoms with Crippen molar-refractivity contribution in [2.24, 2.45) is 17.8 Å². The fourth-order valence-corrected chi connectivity index (χ4v) is 3.42. The van der Waals surface area contributed by atoms with E-state index in [0.29, 0.717) is 17.4 Å². The van der Waals surface area contributed by atoms with Gasteiger partial charge >= 0.3 is 0 Å². The van der Waals surface area contributed by atoms with Gasteiger partial charge in [0.1, 0.15) is 5.82 Å². The third-order valence-corrected chi connectivity index (χ3v) is 5.01. The number of hydrogen-bond acceptors (Lipinski definition) is 1. The Morgan fingerprint density at radius 2 is 1.74 bits per heavy atom. The molecular formula is C17H21FO. The summed E-state index contributed by atoms with van der Waals surface area (Å²) in [5, 5.41) is 0. The van der Waals surface area contributed by atoms with Gasteiger partial charge in [-0.05, 0) is 56.6 Å². The molecule has 2 saturated carbocycles. The molecule has 102 valence electrons. The highest BCUT2D eigenvalue weighted by Crippen LogP contribution is 2.46. The van der Waals surface area contributed by atoms with Crippen molar-refractivity contribution in [3.05, 3.63) is 35.1 Å². The third kappa shape index (κ3) is 2.33. The smallest absolute Gasteiger partial charge is 0.169 e. The summed E-state index contributed by atoms with van der Waals surface area (Å²) in [5.74, 6) is 0.823. The van der Waals surface area contributed by atoms with Crippen LogP contribution in [0.2, 0.25) is 0 Å². The summed E-state index contributed by atoms with van der Waals surface area (Å²) in [7, 11) is 0. The van der Waals surface area contributed by atoms with Crippen LogP contribution in [0.4, 0.5) is 4.39 Å². The quantitative estimate of drug-likeness (QED) is 0.727. The van der Waals surface area contributed by atoms with Crippen LogP contribution in [-0.2, 0) is 0 Å². The van der Waals surface area contributed by atoms with Gasteiger partial charge in [0.05, 0.1) is 5.56 Å². The number of carbonyl (C=O) groups is 1. The first-order chi connectivity index (χ1) is 9.16. The summed E-state index contributed by atoms with van der Waals surface area (Å²) in [4.78, 5) is 12.7. The molecule has 1 aromatic rings. The molecule has 2 heteroatoms. The maximum atomic E-state index is 13.9. The first-order valence-corrected chi connectivity index (χ1v) is 7.47. The zero-order valence-electron chi connectivity index (χ0n) is 11.5. The zero-order valence-corrected chi connectivity index (χ0v) is 11.5. The third-order valence-electron chi connectivity index (χ3n) is 5.01. The Kier molecular flexibility index (Phi) is 3.42. The van der Waals surface area contributed by atoms with Crippen LogP contribution in [0.25, 0.3) is 0 Å². The Balaban J connectivity index is 1.88. The normalized spacial score (nSPS) is 20.2. The maximum absolute atomic E-state index is 13.9. The van der Waals surface area contributed by atoms with E-state index in [9.17, 15) is 9.18 Å². The second-order valence-electron chi connectivity index (χ2n) is 6.26. The summed E-state index contributed by atoms with van der Waals surface area (Å²) in [6.07, 6.45) is 7.08. The Labute approximate surface area is 114 Å². The molecule has 2 aliphatic carbocycles. The van der Waals surface area contributed by atoms with Crippen LogP contribution in [0.1, 0.15) is 54.4 Å². The van der Waals surface area contributed by atoms with Crippen molar-refractivity contribution in [3.63, 3.8) is 0 Å². The number of benzene rings is 1. The molecule has 0 amide bonds. The lowest BCUT2D eigenvalue weighted by Gasteiger charge is -2.41. The molecule has 19 heavy (non-hydrogen) atoms.